The molecule has 0 radical (unpaired) electrons. The number of amides is 1. The first-order valence-corrected chi connectivity index (χ1v) is 13.5. The summed E-state index contributed by atoms with van der Waals surface area (Å²) in [6, 6.07) is 11.1. The average Bonchev–Trinajstić information content (AvgIpc) is 3.06. The fourth-order valence-electron chi connectivity index (χ4n) is 5.50. The number of alkyl halides is 3. The molecular formula is C25H29ClF3N3O3S. The molecule has 4 rings (SSSR count). The normalized spacial score (nSPS) is 20.5. The minimum atomic E-state index is -4.56. The van der Waals surface area contributed by atoms with Crippen LogP contribution in [0.4, 0.5) is 18.9 Å². The summed E-state index contributed by atoms with van der Waals surface area (Å²) < 4.78 is 68.1. The van der Waals surface area contributed by atoms with E-state index in [-0.39, 0.29) is 22.5 Å². The van der Waals surface area contributed by atoms with E-state index in [1.165, 1.54) is 24.3 Å². The maximum Gasteiger partial charge on any atom is 0.418 e. The van der Waals surface area contributed by atoms with Gasteiger partial charge in [0.2, 0.25) is 15.9 Å². The van der Waals surface area contributed by atoms with Crippen LogP contribution in [0.25, 0.3) is 0 Å². The van der Waals surface area contributed by atoms with E-state index in [9.17, 15) is 26.4 Å². The second kappa shape index (κ2) is 9.63. The molecule has 1 amide bonds. The zero-order valence-corrected chi connectivity index (χ0v) is 21.7. The van der Waals surface area contributed by atoms with E-state index >= 15 is 0 Å². The van der Waals surface area contributed by atoms with Crippen LogP contribution in [0.1, 0.15) is 38.7 Å². The summed E-state index contributed by atoms with van der Waals surface area (Å²) in [5.41, 5.74) is -1.97. The van der Waals surface area contributed by atoms with E-state index in [1.54, 1.807) is 22.5 Å². The number of piperidine rings is 1. The van der Waals surface area contributed by atoms with Crippen molar-refractivity contribution in [3.8, 4) is 0 Å². The molecule has 2 fully saturated rings. The van der Waals surface area contributed by atoms with Gasteiger partial charge < -0.3 is 5.32 Å². The van der Waals surface area contributed by atoms with Crippen molar-refractivity contribution >= 4 is 33.2 Å². The number of hydrogen-bond donors (Lipinski definition) is 1. The molecule has 0 unspecified atom stereocenters. The van der Waals surface area contributed by atoms with Crippen LogP contribution in [0.5, 0.6) is 0 Å². The maximum absolute atomic E-state index is 13.4. The number of anilines is 1. The minimum Gasteiger partial charge on any atom is -0.324 e. The van der Waals surface area contributed by atoms with E-state index in [0.717, 1.165) is 6.07 Å². The Kier molecular flexibility index (Phi) is 7.20. The molecule has 0 atom stereocenters. The minimum absolute atomic E-state index is 0.0316. The molecular weight excluding hydrogens is 515 g/mol. The van der Waals surface area contributed by atoms with Crippen molar-refractivity contribution in [1.29, 1.82) is 0 Å². The zero-order chi connectivity index (χ0) is 26.4. The number of halogens is 4. The SMILES string of the molecule is CC1(C)CC2(CCN(CC(=O)Nc3ccccc3C(F)(F)F)CC2)CN1S(=O)(=O)c1cccc(Cl)c1. The maximum atomic E-state index is 13.4. The van der Waals surface area contributed by atoms with Gasteiger partial charge in [-0.1, -0.05) is 29.8 Å². The van der Waals surface area contributed by atoms with E-state index in [2.05, 4.69) is 5.32 Å². The van der Waals surface area contributed by atoms with Gasteiger partial charge in [0.05, 0.1) is 22.7 Å². The number of likely N-dealkylation sites (tertiary alicyclic amines) is 1. The summed E-state index contributed by atoms with van der Waals surface area (Å²) in [6.45, 7) is 5.28. The van der Waals surface area contributed by atoms with E-state index in [0.29, 0.717) is 43.9 Å². The molecule has 11 heteroatoms. The van der Waals surface area contributed by atoms with E-state index < -0.39 is 33.2 Å². The second-order valence-corrected chi connectivity index (χ2v) is 12.6. The first-order valence-electron chi connectivity index (χ1n) is 11.7. The highest BCUT2D eigenvalue weighted by Gasteiger charge is 2.53. The fraction of sp³-hybridized carbons (Fsp3) is 0.480. The molecule has 2 heterocycles. The molecule has 196 valence electrons. The molecule has 0 saturated carbocycles. The van der Waals surface area contributed by atoms with Gasteiger partial charge >= 0.3 is 6.18 Å². The predicted molar refractivity (Wildman–Crippen MR) is 132 cm³/mol. The lowest BCUT2D eigenvalue weighted by Crippen LogP contribution is -2.45. The van der Waals surface area contributed by atoms with Crippen molar-refractivity contribution in [2.75, 3.05) is 31.5 Å². The molecule has 2 aliphatic heterocycles. The van der Waals surface area contributed by atoms with Crippen LogP contribution in [0.2, 0.25) is 5.02 Å². The topological polar surface area (TPSA) is 69.7 Å². The van der Waals surface area contributed by atoms with Crippen molar-refractivity contribution in [1.82, 2.24) is 9.21 Å². The van der Waals surface area contributed by atoms with Crippen molar-refractivity contribution < 1.29 is 26.4 Å². The van der Waals surface area contributed by atoms with E-state index in [4.69, 9.17) is 11.6 Å². The Balaban J connectivity index is 1.40. The fourth-order valence-corrected chi connectivity index (χ4v) is 7.69. The lowest BCUT2D eigenvalue weighted by Gasteiger charge is -2.39. The average molecular weight is 544 g/mol. The van der Waals surface area contributed by atoms with Crippen LogP contribution < -0.4 is 5.32 Å². The molecule has 2 aromatic carbocycles. The van der Waals surface area contributed by atoms with Gasteiger partial charge in [0, 0.05) is 17.1 Å². The van der Waals surface area contributed by atoms with Gasteiger partial charge in [-0.25, -0.2) is 8.42 Å². The van der Waals surface area contributed by atoms with E-state index in [1.807, 2.05) is 18.7 Å². The number of benzene rings is 2. The number of nitrogens with zero attached hydrogens (tertiary/aromatic N) is 2. The van der Waals surface area contributed by atoms with Crippen LogP contribution in [0.15, 0.2) is 53.4 Å². The third-order valence-electron chi connectivity index (χ3n) is 7.14. The van der Waals surface area contributed by atoms with Gasteiger partial charge in [-0.15, -0.1) is 0 Å². The summed E-state index contributed by atoms with van der Waals surface area (Å²) in [5.74, 6) is -0.514. The molecule has 36 heavy (non-hydrogen) atoms. The standard InChI is InChI=1S/C25H29ClF3N3O3S/c1-23(2)16-24(17-32(23)36(34,35)19-7-5-6-18(26)14-19)10-12-31(13-11-24)15-22(33)30-21-9-4-3-8-20(21)25(27,28)29/h3-9,14H,10-13,15-17H2,1-2H3,(H,30,33). The van der Waals surface area contributed by atoms with Gasteiger partial charge in [0.25, 0.3) is 0 Å². The number of nitrogens with one attached hydrogen (secondary N) is 1. The Morgan fingerprint density at radius 1 is 1.08 bits per heavy atom. The number of hydrogen-bond acceptors (Lipinski definition) is 4. The number of rotatable bonds is 5. The molecule has 0 aliphatic carbocycles. The van der Waals surface area contributed by atoms with Crippen LogP contribution in [-0.2, 0) is 21.0 Å². The Bertz CT molecular complexity index is 1240. The summed E-state index contributed by atoms with van der Waals surface area (Å²) in [4.78, 5) is 14.6. The Morgan fingerprint density at radius 2 is 1.75 bits per heavy atom. The molecule has 6 nitrogen and oxygen atoms in total. The second-order valence-electron chi connectivity index (χ2n) is 10.3. The van der Waals surface area contributed by atoms with Gasteiger partial charge in [0.1, 0.15) is 0 Å². The van der Waals surface area contributed by atoms with Gasteiger partial charge in [-0.2, -0.15) is 17.5 Å². The van der Waals surface area contributed by atoms with Crippen LogP contribution in [0, 0.1) is 5.41 Å². The number of para-hydroxylation sites is 1. The quantitative estimate of drug-likeness (QED) is 0.559. The largest absolute Gasteiger partial charge is 0.418 e. The number of sulfonamides is 1. The first-order chi connectivity index (χ1) is 16.7. The Labute approximate surface area is 214 Å². The number of carbonyl (C=O) groups excluding carboxylic acids is 1. The lowest BCUT2D eigenvalue weighted by atomic mass is 9.74. The van der Waals surface area contributed by atoms with Crippen molar-refractivity contribution in [3.63, 3.8) is 0 Å². The third-order valence-corrected chi connectivity index (χ3v) is 9.42. The van der Waals surface area contributed by atoms with Crippen molar-refractivity contribution in [3.05, 3.63) is 59.1 Å². The first kappa shape index (κ1) is 26.9. The molecule has 1 spiro atoms. The molecule has 1 N–H and O–H groups in total. The molecule has 2 aromatic rings. The summed E-state index contributed by atoms with van der Waals surface area (Å²) in [6.07, 6.45) is -2.51. The van der Waals surface area contributed by atoms with Gasteiger partial charge in [0.15, 0.2) is 0 Å². The Morgan fingerprint density at radius 3 is 2.39 bits per heavy atom. The van der Waals surface area contributed by atoms with Gasteiger partial charge in [-0.3, -0.25) is 9.69 Å². The molecule has 2 aliphatic rings. The summed E-state index contributed by atoms with van der Waals surface area (Å²) in [5, 5.41) is 2.74. The van der Waals surface area contributed by atoms with Crippen molar-refractivity contribution in [2.45, 2.75) is 49.7 Å². The highest BCUT2D eigenvalue weighted by Crippen LogP contribution is 2.50. The smallest absolute Gasteiger partial charge is 0.324 e. The highest BCUT2D eigenvalue weighted by molar-refractivity contribution is 7.89. The predicted octanol–water partition coefficient (Wildman–Crippen LogP) is 5.25. The molecule has 0 aromatic heterocycles. The monoisotopic (exact) mass is 543 g/mol. The van der Waals surface area contributed by atoms with Gasteiger partial charge in [-0.05, 0) is 81.9 Å². The molecule has 0 bridgehead atoms. The van der Waals surface area contributed by atoms with Crippen LogP contribution in [-0.4, -0.2) is 55.2 Å². The summed E-state index contributed by atoms with van der Waals surface area (Å²) in [7, 11) is -3.75. The zero-order valence-electron chi connectivity index (χ0n) is 20.1. The third kappa shape index (κ3) is 5.56. The van der Waals surface area contributed by atoms with Crippen molar-refractivity contribution in [2.24, 2.45) is 5.41 Å². The lowest BCUT2D eigenvalue weighted by molar-refractivity contribution is -0.137. The molecule has 2 saturated heterocycles. The summed E-state index contributed by atoms with van der Waals surface area (Å²) >= 11 is 6.03. The Hall–Kier alpha value is -2.14. The van der Waals surface area contributed by atoms with Crippen LogP contribution in [0.3, 0.4) is 0 Å². The number of carbonyl (C=O) groups is 1. The van der Waals surface area contributed by atoms with Crippen LogP contribution >= 0.6 is 11.6 Å². The highest BCUT2D eigenvalue weighted by atomic mass is 35.5.